The first kappa shape index (κ1) is 19.6. The van der Waals surface area contributed by atoms with E-state index in [0.717, 1.165) is 19.3 Å². The molecule has 0 fully saturated rings. The highest BCUT2D eigenvalue weighted by molar-refractivity contribution is 5.96. The van der Waals surface area contributed by atoms with Crippen molar-refractivity contribution in [2.24, 2.45) is 0 Å². The van der Waals surface area contributed by atoms with Crippen molar-refractivity contribution in [1.82, 2.24) is 0 Å². The monoisotopic (exact) mass is 381 g/mol. The van der Waals surface area contributed by atoms with Crippen molar-refractivity contribution in [3.63, 3.8) is 0 Å². The minimum absolute atomic E-state index is 0.0420. The van der Waals surface area contributed by atoms with Crippen LogP contribution in [0.25, 0.3) is 0 Å². The Morgan fingerprint density at radius 1 is 0.964 bits per heavy atom. The lowest BCUT2D eigenvalue weighted by Crippen LogP contribution is -2.23. The number of hydrogen-bond acceptors (Lipinski definition) is 5. The topological polar surface area (TPSA) is 81.7 Å². The van der Waals surface area contributed by atoms with E-state index in [0.29, 0.717) is 23.4 Å². The Hall–Kier alpha value is -3.15. The maximum absolute atomic E-state index is 12.0. The number of carbonyl (C=O) groups excluding carboxylic acids is 3. The number of benzene rings is 2. The average molecular weight is 381 g/mol. The molecule has 0 heterocycles. The standard InChI is InChI=1S/C22H23NO5/c1-2-20(24)16-7-10-19(11-8-16)27-14-22(26)28-13-21(25)23-18-9-6-15-4-3-5-17(15)12-18/h6-12H,2-5,13-14H2,1H3,(H,23,25). The van der Waals surface area contributed by atoms with Gasteiger partial charge in [0.1, 0.15) is 5.75 Å². The highest BCUT2D eigenvalue weighted by atomic mass is 16.6. The average Bonchev–Trinajstić information content (AvgIpc) is 3.18. The molecule has 1 N–H and O–H groups in total. The van der Waals surface area contributed by atoms with Crippen LogP contribution >= 0.6 is 0 Å². The van der Waals surface area contributed by atoms with Crippen molar-refractivity contribution < 1.29 is 23.9 Å². The van der Waals surface area contributed by atoms with E-state index in [4.69, 9.17) is 9.47 Å². The van der Waals surface area contributed by atoms with Crippen molar-refractivity contribution in [3.8, 4) is 5.75 Å². The molecule has 2 aromatic carbocycles. The zero-order chi connectivity index (χ0) is 19.9. The Bertz CT molecular complexity index is 873. The Morgan fingerprint density at radius 2 is 1.71 bits per heavy atom. The number of ketones is 1. The molecule has 0 saturated carbocycles. The number of fused-ring (bicyclic) bond motifs is 1. The highest BCUT2D eigenvalue weighted by Crippen LogP contribution is 2.24. The molecule has 0 atom stereocenters. The minimum Gasteiger partial charge on any atom is -0.482 e. The van der Waals surface area contributed by atoms with Crippen molar-refractivity contribution in [2.45, 2.75) is 32.6 Å². The van der Waals surface area contributed by atoms with Gasteiger partial charge in [0.25, 0.3) is 5.91 Å². The molecule has 0 aromatic heterocycles. The quantitative estimate of drug-likeness (QED) is 0.560. The first-order valence-electron chi connectivity index (χ1n) is 9.38. The molecule has 6 heteroatoms. The second-order valence-corrected chi connectivity index (χ2v) is 6.64. The van der Waals surface area contributed by atoms with Gasteiger partial charge in [-0.3, -0.25) is 9.59 Å². The van der Waals surface area contributed by atoms with E-state index < -0.39 is 11.9 Å². The fraction of sp³-hybridized carbons (Fsp3) is 0.318. The number of aryl methyl sites for hydroxylation is 2. The first-order valence-corrected chi connectivity index (χ1v) is 9.38. The maximum Gasteiger partial charge on any atom is 0.344 e. The fourth-order valence-corrected chi connectivity index (χ4v) is 3.12. The molecule has 0 radical (unpaired) electrons. The van der Waals surface area contributed by atoms with Gasteiger partial charge in [0.05, 0.1) is 0 Å². The number of rotatable bonds is 8. The van der Waals surface area contributed by atoms with Crippen LogP contribution in [-0.4, -0.2) is 30.9 Å². The molecule has 0 bridgehead atoms. The van der Waals surface area contributed by atoms with E-state index in [2.05, 4.69) is 5.32 Å². The van der Waals surface area contributed by atoms with Crippen molar-refractivity contribution in [2.75, 3.05) is 18.5 Å². The summed E-state index contributed by atoms with van der Waals surface area (Å²) in [6, 6.07) is 12.4. The minimum atomic E-state index is -0.641. The summed E-state index contributed by atoms with van der Waals surface area (Å²) in [6.07, 6.45) is 3.68. The van der Waals surface area contributed by atoms with E-state index in [1.165, 1.54) is 11.1 Å². The molecule has 0 spiro atoms. The van der Waals surface area contributed by atoms with Crippen LogP contribution in [0.1, 0.15) is 41.3 Å². The van der Waals surface area contributed by atoms with Crippen LogP contribution in [0.2, 0.25) is 0 Å². The molecule has 6 nitrogen and oxygen atoms in total. The second kappa shape index (κ2) is 9.17. The lowest BCUT2D eigenvalue weighted by molar-refractivity contribution is -0.149. The Balaban J connectivity index is 1.40. The normalized spacial score (nSPS) is 12.2. The van der Waals surface area contributed by atoms with E-state index in [1.54, 1.807) is 31.2 Å². The molecule has 28 heavy (non-hydrogen) atoms. The van der Waals surface area contributed by atoms with Gasteiger partial charge in [-0.05, 0) is 66.8 Å². The Kier molecular flexibility index (Phi) is 6.42. The van der Waals surface area contributed by atoms with Gasteiger partial charge in [0, 0.05) is 17.7 Å². The highest BCUT2D eigenvalue weighted by Gasteiger charge is 2.13. The summed E-state index contributed by atoms with van der Waals surface area (Å²) in [5.74, 6) is -0.543. The van der Waals surface area contributed by atoms with Gasteiger partial charge in [0.15, 0.2) is 19.0 Å². The molecule has 0 aliphatic heterocycles. The van der Waals surface area contributed by atoms with Crippen LogP contribution < -0.4 is 10.1 Å². The third kappa shape index (κ3) is 5.19. The molecule has 3 rings (SSSR count). The summed E-state index contributed by atoms with van der Waals surface area (Å²) < 4.78 is 10.3. The summed E-state index contributed by atoms with van der Waals surface area (Å²) in [5.41, 5.74) is 3.89. The van der Waals surface area contributed by atoms with Crippen molar-refractivity contribution >= 4 is 23.3 Å². The number of nitrogens with one attached hydrogen (secondary N) is 1. The number of Topliss-reactive ketones (excluding diaryl/α,β-unsaturated/α-hetero) is 1. The summed E-state index contributed by atoms with van der Waals surface area (Å²) >= 11 is 0. The smallest absolute Gasteiger partial charge is 0.344 e. The number of esters is 1. The largest absolute Gasteiger partial charge is 0.482 e. The third-order valence-electron chi connectivity index (χ3n) is 4.60. The van der Waals surface area contributed by atoms with E-state index in [-0.39, 0.29) is 19.0 Å². The zero-order valence-electron chi connectivity index (χ0n) is 15.8. The summed E-state index contributed by atoms with van der Waals surface area (Å²) in [5, 5.41) is 2.73. The second-order valence-electron chi connectivity index (χ2n) is 6.64. The van der Waals surface area contributed by atoms with Gasteiger partial charge in [-0.25, -0.2) is 4.79 Å². The van der Waals surface area contributed by atoms with Crippen LogP contribution in [-0.2, 0) is 27.2 Å². The predicted octanol–water partition coefficient (Wildman–Crippen LogP) is 3.33. The fourth-order valence-electron chi connectivity index (χ4n) is 3.12. The molecule has 2 aromatic rings. The van der Waals surface area contributed by atoms with E-state index in [1.807, 2.05) is 18.2 Å². The molecular formula is C22H23NO5. The number of ether oxygens (including phenoxy) is 2. The van der Waals surface area contributed by atoms with Crippen LogP contribution in [0, 0.1) is 0 Å². The molecule has 1 aliphatic rings. The van der Waals surface area contributed by atoms with E-state index >= 15 is 0 Å². The molecule has 0 saturated heterocycles. The van der Waals surface area contributed by atoms with Gasteiger partial charge in [-0.1, -0.05) is 13.0 Å². The van der Waals surface area contributed by atoms with E-state index in [9.17, 15) is 14.4 Å². The zero-order valence-corrected chi connectivity index (χ0v) is 15.8. The molecule has 1 amide bonds. The van der Waals surface area contributed by atoms with Gasteiger partial charge < -0.3 is 14.8 Å². The van der Waals surface area contributed by atoms with Gasteiger partial charge in [0.2, 0.25) is 0 Å². The number of anilines is 1. The summed E-state index contributed by atoms with van der Waals surface area (Å²) in [4.78, 5) is 35.3. The first-order chi connectivity index (χ1) is 13.5. The number of amides is 1. The lowest BCUT2D eigenvalue weighted by atomic mass is 10.1. The van der Waals surface area contributed by atoms with Crippen LogP contribution in [0.4, 0.5) is 5.69 Å². The van der Waals surface area contributed by atoms with Gasteiger partial charge >= 0.3 is 5.97 Å². The summed E-state index contributed by atoms with van der Waals surface area (Å²) in [6.45, 7) is 1.11. The van der Waals surface area contributed by atoms with Crippen LogP contribution in [0.15, 0.2) is 42.5 Å². The van der Waals surface area contributed by atoms with Gasteiger partial charge in [-0.2, -0.15) is 0 Å². The Morgan fingerprint density at radius 3 is 2.46 bits per heavy atom. The molecule has 1 aliphatic carbocycles. The van der Waals surface area contributed by atoms with Crippen molar-refractivity contribution in [1.29, 1.82) is 0 Å². The summed E-state index contributed by atoms with van der Waals surface area (Å²) in [7, 11) is 0. The predicted molar refractivity (Wildman–Crippen MR) is 105 cm³/mol. The van der Waals surface area contributed by atoms with Crippen LogP contribution in [0.5, 0.6) is 5.75 Å². The molecule has 146 valence electrons. The van der Waals surface area contributed by atoms with Crippen LogP contribution in [0.3, 0.4) is 0 Å². The molecule has 0 unspecified atom stereocenters. The van der Waals surface area contributed by atoms with Crippen molar-refractivity contribution in [3.05, 3.63) is 59.2 Å². The SMILES string of the molecule is CCC(=O)c1ccc(OCC(=O)OCC(=O)Nc2ccc3c(c2)CCC3)cc1. The third-order valence-corrected chi connectivity index (χ3v) is 4.60. The lowest BCUT2D eigenvalue weighted by Gasteiger charge is -2.09. The van der Waals surface area contributed by atoms with Gasteiger partial charge in [-0.15, -0.1) is 0 Å². The number of carbonyl (C=O) groups is 3. The molecular weight excluding hydrogens is 358 g/mol. The maximum atomic E-state index is 12.0. The number of hydrogen-bond donors (Lipinski definition) is 1. The Labute approximate surface area is 163 Å².